The standard InChI is InChI=1S/C15H16F2N2O4S3/c16-13-4-3-12(10-14(13)17)26(22,23)19-7-5-11(6-8-19)18-25(20,21)15-2-1-9-24-15/h1-4,9-11,18H,5-8H2. The Morgan fingerprint density at radius 2 is 1.73 bits per heavy atom. The summed E-state index contributed by atoms with van der Waals surface area (Å²) in [5.74, 6) is -2.35. The van der Waals surface area contributed by atoms with Crippen LogP contribution in [0.5, 0.6) is 0 Å². The summed E-state index contributed by atoms with van der Waals surface area (Å²) < 4.78 is 79.8. The van der Waals surface area contributed by atoms with Crippen LogP contribution in [0.15, 0.2) is 44.8 Å². The number of benzene rings is 1. The molecule has 0 saturated carbocycles. The molecule has 1 saturated heterocycles. The van der Waals surface area contributed by atoms with Crippen LogP contribution in [0.2, 0.25) is 0 Å². The van der Waals surface area contributed by atoms with Gasteiger partial charge in [-0.25, -0.2) is 30.3 Å². The highest BCUT2D eigenvalue weighted by Gasteiger charge is 2.32. The van der Waals surface area contributed by atoms with Crippen LogP contribution in [0.1, 0.15) is 12.8 Å². The first kappa shape index (κ1) is 19.4. The first-order valence-corrected chi connectivity index (χ1v) is 11.5. The number of piperidine rings is 1. The quantitative estimate of drug-likeness (QED) is 0.800. The summed E-state index contributed by atoms with van der Waals surface area (Å²) in [6, 6.07) is 5.17. The first-order chi connectivity index (χ1) is 12.2. The van der Waals surface area contributed by atoms with Gasteiger partial charge in [0.05, 0.1) is 4.90 Å². The van der Waals surface area contributed by atoms with E-state index in [1.54, 1.807) is 11.4 Å². The Kier molecular flexibility index (Phi) is 5.45. The van der Waals surface area contributed by atoms with Gasteiger partial charge in [0.15, 0.2) is 11.6 Å². The molecule has 1 aromatic heterocycles. The van der Waals surface area contributed by atoms with Crippen molar-refractivity contribution in [3.8, 4) is 0 Å². The minimum atomic E-state index is -3.96. The van der Waals surface area contributed by atoms with Crippen LogP contribution in [0.25, 0.3) is 0 Å². The van der Waals surface area contributed by atoms with Gasteiger partial charge in [-0.2, -0.15) is 4.31 Å². The normalized spacial score (nSPS) is 17.5. The van der Waals surface area contributed by atoms with Crippen molar-refractivity contribution in [3.63, 3.8) is 0 Å². The molecular formula is C15H16F2N2O4S3. The van der Waals surface area contributed by atoms with Crippen LogP contribution in [0.3, 0.4) is 0 Å². The summed E-state index contributed by atoms with van der Waals surface area (Å²) >= 11 is 1.10. The molecule has 0 radical (unpaired) electrons. The van der Waals surface area contributed by atoms with Crippen molar-refractivity contribution < 1.29 is 25.6 Å². The van der Waals surface area contributed by atoms with Crippen molar-refractivity contribution in [3.05, 3.63) is 47.3 Å². The Bertz CT molecular complexity index is 984. The molecule has 1 N–H and O–H groups in total. The largest absolute Gasteiger partial charge is 0.250 e. The summed E-state index contributed by atoms with van der Waals surface area (Å²) in [6.07, 6.45) is 0.570. The molecule has 26 heavy (non-hydrogen) atoms. The Balaban J connectivity index is 1.67. The highest BCUT2D eigenvalue weighted by Crippen LogP contribution is 2.24. The third kappa shape index (κ3) is 3.96. The molecule has 2 aromatic rings. The third-order valence-electron chi connectivity index (χ3n) is 4.06. The zero-order valence-corrected chi connectivity index (χ0v) is 15.9. The molecule has 11 heteroatoms. The van der Waals surface area contributed by atoms with Crippen molar-refractivity contribution in [1.29, 1.82) is 0 Å². The number of hydrogen-bond donors (Lipinski definition) is 1. The van der Waals surface area contributed by atoms with E-state index in [-0.39, 0.29) is 35.0 Å². The zero-order chi connectivity index (χ0) is 18.9. The van der Waals surface area contributed by atoms with Crippen LogP contribution >= 0.6 is 11.3 Å². The second-order valence-corrected chi connectivity index (χ2v) is 10.6. The van der Waals surface area contributed by atoms with Gasteiger partial charge >= 0.3 is 0 Å². The van der Waals surface area contributed by atoms with Crippen molar-refractivity contribution >= 4 is 31.4 Å². The average molecular weight is 423 g/mol. The fourth-order valence-corrected chi connectivity index (χ4v) is 6.49. The van der Waals surface area contributed by atoms with E-state index in [1.165, 1.54) is 6.07 Å². The summed E-state index contributed by atoms with van der Waals surface area (Å²) in [5, 5.41) is 1.66. The molecule has 0 bridgehead atoms. The van der Waals surface area contributed by atoms with E-state index in [0.717, 1.165) is 27.8 Å². The van der Waals surface area contributed by atoms with Gasteiger partial charge in [-0.1, -0.05) is 6.07 Å². The molecule has 3 rings (SSSR count). The number of rotatable bonds is 5. The molecule has 0 unspecified atom stereocenters. The van der Waals surface area contributed by atoms with Crippen molar-refractivity contribution in [1.82, 2.24) is 9.03 Å². The van der Waals surface area contributed by atoms with Crippen molar-refractivity contribution in [2.75, 3.05) is 13.1 Å². The SMILES string of the molecule is O=S(=O)(NC1CCN(S(=O)(=O)c2ccc(F)c(F)c2)CC1)c1cccs1. The fourth-order valence-electron chi connectivity index (χ4n) is 2.69. The molecule has 0 amide bonds. The van der Waals surface area contributed by atoms with Crippen LogP contribution < -0.4 is 4.72 Å². The van der Waals surface area contributed by atoms with Crippen LogP contribution in [0, 0.1) is 11.6 Å². The van der Waals surface area contributed by atoms with Gasteiger partial charge in [-0.15, -0.1) is 11.3 Å². The van der Waals surface area contributed by atoms with Crippen molar-refractivity contribution in [2.24, 2.45) is 0 Å². The lowest BCUT2D eigenvalue weighted by atomic mass is 10.1. The second-order valence-electron chi connectivity index (χ2n) is 5.81. The third-order valence-corrected chi connectivity index (χ3v) is 8.88. The van der Waals surface area contributed by atoms with Crippen LogP contribution in [-0.2, 0) is 20.0 Å². The minimum Gasteiger partial charge on any atom is -0.207 e. The predicted octanol–water partition coefficient (Wildman–Crippen LogP) is 2.16. The maximum absolute atomic E-state index is 13.3. The topological polar surface area (TPSA) is 83.6 Å². The monoisotopic (exact) mass is 422 g/mol. The summed E-state index contributed by atoms with van der Waals surface area (Å²) in [4.78, 5) is -0.325. The number of sulfonamides is 2. The molecule has 1 aromatic carbocycles. The second kappa shape index (κ2) is 7.31. The lowest BCUT2D eigenvalue weighted by Crippen LogP contribution is -2.46. The lowest BCUT2D eigenvalue weighted by Gasteiger charge is -2.31. The Morgan fingerprint density at radius 1 is 1.04 bits per heavy atom. The van der Waals surface area contributed by atoms with Crippen LogP contribution in [-0.4, -0.2) is 40.3 Å². The summed E-state index contributed by atoms with van der Waals surface area (Å²) in [6.45, 7) is 0.165. The van der Waals surface area contributed by atoms with Gasteiger partial charge in [-0.05, 0) is 42.5 Å². The molecule has 0 spiro atoms. The van der Waals surface area contributed by atoms with Gasteiger partial charge < -0.3 is 0 Å². The highest BCUT2D eigenvalue weighted by molar-refractivity contribution is 7.91. The van der Waals surface area contributed by atoms with Crippen LogP contribution in [0.4, 0.5) is 8.78 Å². The minimum absolute atomic E-state index is 0.0823. The molecule has 0 atom stereocenters. The van der Waals surface area contributed by atoms with Gasteiger partial charge in [0.1, 0.15) is 4.21 Å². The van der Waals surface area contributed by atoms with Gasteiger partial charge in [0, 0.05) is 19.1 Å². The van der Waals surface area contributed by atoms with E-state index in [9.17, 15) is 25.6 Å². The molecular weight excluding hydrogens is 406 g/mol. The molecule has 2 heterocycles. The van der Waals surface area contributed by atoms with E-state index in [2.05, 4.69) is 4.72 Å². The molecule has 6 nitrogen and oxygen atoms in total. The molecule has 1 aliphatic rings. The smallest absolute Gasteiger partial charge is 0.207 e. The Morgan fingerprint density at radius 3 is 2.31 bits per heavy atom. The van der Waals surface area contributed by atoms with Gasteiger partial charge in [0.2, 0.25) is 20.0 Å². The maximum atomic E-state index is 13.3. The van der Waals surface area contributed by atoms with Gasteiger partial charge in [0.25, 0.3) is 0 Å². The van der Waals surface area contributed by atoms with E-state index in [1.807, 2.05) is 0 Å². The number of halogens is 2. The lowest BCUT2D eigenvalue weighted by molar-refractivity contribution is 0.308. The van der Waals surface area contributed by atoms with E-state index in [0.29, 0.717) is 6.07 Å². The maximum Gasteiger partial charge on any atom is 0.250 e. The molecule has 1 fully saturated rings. The van der Waals surface area contributed by atoms with E-state index >= 15 is 0 Å². The first-order valence-electron chi connectivity index (χ1n) is 7.71. The zero-order valence-electron chi connectivity index (χ0n) is 13.4. The Labute approximate surface area is 154 Å². The Hall–Kier alpha value is -1.40. The molecule has 0 aliphatic carbocycles. The summed E-state index contributed by atoms with van der Waals surface area (Å²) in [5.41, 5.74) is 0. The number of nitrogens with zero attached hydrogens (tertiary/aromatic N) is 1. The molecule has 1 aliphatic heterocycles. The van der Waals surface area contributed by atoms with Crippen molar-refractivity contribution in [2.45, 2.75) is 28.0 Å². The highest BCUT2D eigenvalue weighted by atomic mass is 32.2. The fraction of sp³-hybridized carbons (Fsp3) is 0.333. The average Bonchev–Trinajstić information content (AvgIpc) is 3.13. The number of thiophene rings is 1. The molecule has 142 valence electrons. The van der Waals surface area contributed by atoms with E-state index in [4.69, 9.17) is 0 Å². The number of hydrogen-bond acceptors (Lipinski definition) is 5. The van der Waals surface area contributed by atoms with E-state index < -0.39 is 37.7 Å². The summed E-state index contributed by atoms with van der Waals surface area (Å²) in [7, 11) is -7.58. The number of nitrogens with one attached hydrogen (secondary N) is 1. The predicted molar refractivity (Wildman–Crippen MR) is 92.8 cm³/mol. The van der Waals surface area contributed by atoms with Gasteiger partial charge in [-0.3, -0.25) is 0 Å².